The van der Waals surface area contributed by atoms with Gasteiger partial charge < -0.3 is 10.3 Å². The molecule has 1 fully saturated rings. The predicted octanol–water partition coefficient (Wildman–Crippen LogP) is 4.03. The third-order valence-electron chi connectivity index (χ3n) is 3.70. The Morgan fingerprint density at radius 3 is 2.72 bits per heavy atom. The summed E-state index contributed by atoms with van der Waals surface area (Å²) < 4.78 is 16.1. The van der Waals surface area contributed by atoms with Gasteiger partial charge in [-0.3, -0.25) is 0 Å². The van der Waals surface area contributed by atoms with Crippen LogP contribution < -0.4 is 5.73 Å². The molecule has 0 atom stereocenters. The van der Waals surface area contributed by atoms with Crippen LogP contribution in [0.2, 0.25) is 0 Å². The van der Waals surface area contributed by atoms with Crippen LogP contribution >= 0.6 is 15.9 Å². The molecule has 0 aliphatic heterocycles. The number of aromatic nitrogens is 2. The zero-order valence-electron chi connectivity index (χ0n) is 10.00. The Balaban J connectivity index is 2.15. The number of rotatable bonds is 1. The highest BCUT2D eigenvalue weighted by molar-refractivity contribution is 9.10. The summed E-state index contributed by atoms with van der Waals surface area (Å²) in [7, 11) is 0. The molecule has 1 aliphatic rings. The third-order valence-corrected chi connectivity index (χ3v) is 4.31. The molecule has 1 heterocycles. The van der Waals surface area contributed by atoms with Gasteiger partial charge in [0.05, 0.1) is 15.5 Å². The van der Waals surface area contributed by atoms with Crippen molar-refractivity contribution in [2.75, 3.05) is 5.73 Å². The smallest absolute Gasteiger partial charge is 0.201 e. The van der Waals surface area contributed by atoms with E-state index in [0.717, 1.165) is 23.9 Å². The van der Waals surface area contributed by atoms with Crippen LogP contribution in [0.25, 0.3) is 11.0 Å². The van der Waals surface area contributed by atoms with Gasteiger partial charge in [-0.1, -0.05) is 19.3 Å². The van der Waals surface area contributed by atoms with Crippen LogP contribution in [0.1, 0.15) is 38.1 Å². The second-order valence-corrected chi connectivity index (χ2v) is 5.74. The Labute approximate surface area is 113 Å². The van der Waals surface area contributed by atoms with E-state index in [-0.39, 0.29) is 5.82 Å². The number of anilines is 1. The second kappa shape index (κ2) is 4.53. The summed E-state index contributed by atoms with van der Waals surface area (Å²) in [6.07, 6.45) is 5.91. The van der Waals surface area contributed by atoms with Crippen molar-refractivity contribution >= 4 is 32.9 Å². The Hall–Kier alpha value is -1.10. The minimum absolute atomic E-state index is 0.264. The van der Waals surface area contributed by atoms with Crippen molar-refractivity contribution in [3.63, 3.8) is 0 Å². The molecule has 2 N–H and O–H groups in total. The molecule has 0 saturated heterocycles. The lowest BCUT2D eigenvalue weighted by Gasteiger charge is -2.24. The summed E-state index contributed by atoms with van der Waals surface area (Å²) >= 11 is 3.18. The largest absolute Gasteiger partial charge is 0.369 e. The van der Waals surface area contributed by atoms with E-state index in [1.807, 2.05) is 4.57 Å². The fourth-order valence-corrected chi connectivity index (χ4v) is 3.16. The number of imidazole rings is 1. The van der Waals surface area contributed by atoms with Gasteiger partial charge in [-0.05, 0) is 34.8 Å². The second-order valence-electron chi connectivity index (χ2n) is 4.89. The summed E-state index contributed by atoms with van der Waals surface area (Å²) in [5, 5.41) is 0. The number of nitrogens with zero attached hydrogens (tertiary/aromatic N) is 2. The first-order valence-corrected chi connectivity index (χ1v) is 7.08. The Morgan fingerprint density at radius 2 is 2.00 bits per heavy atom. The van der Waals surface area contributed by atoms with Crippen molar-refractivity contribution in [1.82, 2.24) is 9.55 Å². The van der Waals surface area contributed by atoms with Crippen molar-refractivity contribution in [2.24, 2.45) is 0 Å². The molecule has 5 heteroatoms. The highest BCUT2D eigenvalue weighted by atomic mass is 79.9. The Bertz CT molecular complexity index is 587. The molecule has 2 aromatic rings. The molecule has 1 aromatic carbocycles. The van der Waals surface area contributed by atoms with E-state index in [1.54, 1.807) is 6.07 Å². The van der Waals surface area contributed by atoms with Crippen LogP contribution in [0.15, 0.2) is 16.6 Å². The van der Waals surface area contributed by atoms with Crippen LogP contribution in [-0.2, 0) is 0 Å². The number of hydrogen-bond acceptors (Lipinski definition) is 2. The maximum Gasteiger partial charge on any atom is 0.201 e. The quantitative estimate of drug-likeness (QED) is 0.864. The van der Waals surface area contributed by atoms with Gasteiger partial charge in [0.2, 0.25) is 5.95 Å². The standard InChI is InChI=1S/C13H15BrFN3/c14-9-6-11-12(7-10(9)15)18(13(16)17-11)8-4-2-1-3-5-8/h6-8H,1-5H2,(H2,16,17). The molecule has 0 radical (unpaired) electrons. The average molecular weight is 312 g/mol. The van der Waals surface area contributed by atoms with Crippen LogP contribution in [0, 0.1) is 5.82 Å². The van der Waals surface area contributed by atoms with E-state index in [0.29, 0.717) is 16.5 Å². The number of fused-ring (bicyclic) bond motifs is 1. The molecule has 3 rings (SSSR count). The highest BCUT2D eigenvalue weighted by Crippen LogP contribution is 2.34. The third kappa shape index (κ3) is 1.90. The molecule has 0 bridgehead atoms. The van der Waals surface area contributed by atoms with E-state index >= 15 is 0 Å². The SMILES string of the molecule is Nc1nc2cc(Br)c(F)cc2n1C1CCCCC1. The first-order chi connectivity index (χ1) is 8.66. The van der Waals surface area contributed by atoms with E-state index in [1.165, 1.54) is 25.3 Å². The lowest BCUT2D eigenvalue weighted by atomic mass is 9.95. The zero-order valence-corrected chi connectivity index (χ0v) is 11.6. The van der Waals surface area contributed by atoms with Crippen molar-refractivity contribution in [3.8, 4) is 0 Å². The summed E-state index contributed by atoms with van der Waals surface area (Å²) in [5.41, 5.74) is 7.56. The summed E-state index contributed by atoms with van der Waals surface area (Å²) in [4.78, 5) is 4.33. The molecular formula is C13H15BrFN3. The number of hydrogen-bond donors (Lipinski definition) is 1. The number of nitrogen functional groups attached to an aromatic ring is 1. The van der Waals surface area contributed by atoms with Gasteiger partial charge in [-0.25, -0.2) is 9.37 Å². The van der Waals surface area contributed by atoms with Gasteiger partial charge in [-0.2, -0.15) is 0 Å². The molecule has 0 amide bonds. The molecule has 18 heavy (non-hydrogen) atoms. The maximum absolute atomic E-state index is 13.7. The van der Waals surface area contributed by atoms with Crippen molar-refractivity contribution in [1.29, 1.82) is 0 Å². The van der Waals surface area contributed by atoms with E-state index in [2.05, 4.69) is 20.9 Å². The summed E-state index contributed by atoms with van der Waals surface area (Å²) in [6, 6.07) is 3.59. The van der Waals surface area contributed by atoms with Crippen LogP contribution in [0.4, 0.5) is 10.3 Å². The van der Waals surface area contributed by atoms with E-state index < -0.39 is 0 Å². The lowest BCUT2D eigenvalue weighted by Crippen LogP contribution is -2.14. The monoisotopic (exact) mass is 311 g/mol. The van der Waals surface area contributed by atoms with Gasteiger partial charge >= 0.3 is 0 Å². The van der Waals surface area contributed by atoms with E-state index in [4.69, 9.17) is 5.73 Å². The fourth-order valence-electron chi connectivity index (χ4n) is 2.83. The van der Waals surface area contributed by atoms with E-state index in [9.17, 15) is 4.39 Å². The molecule has 1 aliphatic carbocycles. The van der Waals surface area contributed by atoms with Crippen molar-refractivity contribution in [2.45, 2.75) is 38.1 Å². The predicted molar refractivity (Wildman–Crippen MR) is 73.9 cm³/mol. The molecule has 96 valence electrons. The zero-order chi connectivity index (χ0) is 12.7. The molecule has 3 nitrogen and oxygen atoms in total. The summed E-state index contributed by atoms with van der Waals surface area (Å²) in [6.45, 7) is 0. The minimum atomic E-state index is -0.264. The number of halogens is 2. The number of benzene rings is 1. The van der Waals surface area contributed by atoms with Crippen molar-refractivity contribution in [3.05, 3.63) is 22.4 Å². The first kappa shape index (κ1) is 12.0. The Morgan fingerprint density at radius 1 is 1.28 bits per heavy atom. The maximum atomic E-state index is 13.7. The number of nitrogens with two attached hydrogens (primary N) is 1. The average Bonchev–Trinajstić information content (AvgIpc) is 2.66. The normalized spacial score (nSPS) is 17.4. The van der Waals surface area contributed by atoms with Crippen molar-refractivity contribution < 1.29 is 4.39 Å². The van der Waals surface area contributed by atoms with Gasteiger partial charge in [0, 0.05) is 12.1 Å². The summed E-state index contributed by atoms with van der Waals surface area (Å²) in [5.74, 6) is 0.230. The fraction of sp³-hybridized carbons (Fsp3) is 0.462. The lowest BCUT2D eigenvalue weighted by molar-refractivity contribution is 0.363. The molecule has 1 saturated carbocycles. The Kier molecular flexibility index (Phi) is 3.01. The molecule has 0 unspecified atom stereocenters. The highest BCUT2D eigenvalue weighted by Gasteiger charge is 2.21. The molecule has 1 aromatic heterocycles. The topological polar surface area (TPSA) is 43.8 Å². The van der Waals surface area contributed by atoms with Gasteiger partial charge in [0.1, 0.15) is 5.82 Å². The van der Waals surface area contributed by atoms with Crippen LogP contribution in [-0.4, -0.2) is 9.55 Å². The first-order valence-electron chi connectivity index (χ1n) is 6.29. The van der Waals surface area contributed by atoms with Gasteiger partial charge in [-0.15, -0.1) is 0 Å². The molecule has 0 spiro atoms. The minimum Gasteiger partial charge on any atom is -0.369 e. The molecular weight excluding hydrogens is 297 g/mol. The van der Waals surface area contributed by atoms with Crippen LogP contribution in [0.5, 0.6) is 0 Å². The van der Waals surface area contributed by atoms with Gasteiger partial charge in [0.15, 0.2) is 0 Å². The van der Waals surface area contributed by atoms with Crippen LogP contribution in [0.3, 0.4) is 0 Å². The van der Waals surface area contributed by atoms with Gasteiger partial charge in [0.25, 0.3) is 0 Å².